The van der Waals surface area contributed by atoms with Gasteiger partial charge >= 0.3 is 0 Å². The molecule has 0 bridgehead atoms. The Morgan fingerprint density at radius 1 is 1.03 bits per heavy atom. The first kappa shape index (κ1) is 19.5. The molecule has 0 aliphatic rings. The Hall–Kier alpha value is -2.77. The van der Waals surface area contributed by atoms with Gasteiger partial charge in [0.15, 0.2) is 5.13 Å². The molecule has 5 nitrogen and oxygen atoms in total. The molecule has 4 rings (SSSR count). The number of nitrogens with one attached hydrogen (secondary N) is 1. The molecule has 0 fully saturated rings. The van der Waals surface area contributed by atoms with Gasteiger partial charge in [-0.1, -0.05) is 74.1 Å². The van der Waals surface area contributed by atoms with Crippen molar-refractivity contribution >= 4 is 45.0 Å². The number of anilines is 1. The quantitative estimate of drug-likeness (QED) is 0.324. The van der Waals surface area contributed by atoms with Crippen LogP contribution in [0.2, 0.25) is 0 Å². The van der Waals surface area contributed by atoms with Crippen molar-refractivity contribution in [3.8, 4) is 11.3 Å². The molecule has 0 unspecified atom stereocenters. The Kier molecular flexibility index (Phi) is 5.87. The molecule has 29 heavy (non-hydrogen) atoms. The van der Waals surface area contributed by atoms with Crippen molar-refractivity contribution in [2.45, 2.75) is 24.8 Å². The van der Waals surface area contributed by atoms with Crippen molar-refractivity contribution in [1.29, 1.82) is 0 Å². The molecule has 7 heteroatoms. The fraction of sp³-hybridized carbons (Fsp3) is 0.182. The van der Waals surface area contributed by atoms with E-state index in [1.807, 2.05) is 60.0 Å². The largest absolute Gasteiger partial charge is 0.301 e. The van der Waals surface area contributed by atoms with Gasteiger partial charge in [0.25, 0.3) is 0 Å². The fourth-order valence-electron chi connectivity index (χ4n) is 2.79. The maximum absolute atomic E-state index is 12.5. The van der Waals surface area contributed by atoms with E-state index in [2.05, 4.69) is 34.1 Å². The van der Waals surface area contributed by atoms with Crippen molar-refractivity contribution in [1.82, 2.24) is 15.0 Å². The Morgan fingerprint density at radius 3 is 2.59 bits per heavy atom. The van der Waals surface area contributed by atoms with Gasteiger partial charge < -0.3 is 5.32 Å². The van der Waals surface area contributed by atoms with E-state index in [0.29, 0.717) is 5.13 Å². The summed E-state index contributed by atoms with van der Waals surface area (Å²) in [6.45, 7) is 4.14. The predicted molar refractivity (Wildman–Crippen MR) is 121 cm³/mol. The lowest BCUT2D eigenvalue weighted by atomic mass is 10.2. The fourth-order valence-corrected chi connectivity index (χ4v) is 4.36. The third kappa shape index (κ3) is 4.63. The minimum atomic E-state index is -0.0993. The van der Waals surface area contributed by atoms with Crippen LogP contribution in [0.25, 0.3) is 22.2 Å². The van der Waals surface area contributed by atoms with Gasteiger partial charge in [-0.3, -0.25) is 4.79 Å². The van der Waals surface area contributed by atoms with E-state index in [0.717, 1.165) is 33.0 Å². The van der Waals surface area contributed by atoms with Crippen LogP contribution in [0.4, 0.5) is 5.13 Å². The van der Waals surface area contributed by atoms with Crippen LogP contribution in [0, 0.1) is 0 Å². The van der Waals surface area contributed by atoms with Crippen LogP contribution < -0.4 is 5.32 Å². The Balaban J connectivity index is 1.46. The summed E-state index contributed by atoms with van der Waals surface area (Å²) in [4.78, 5) is 26.3. The number of thioether (sulfide) groups is 1. The first-order valence-electron chi connectivity index (χ1n) is 9.30. The highest BCUT2D eigenvalue weighted by atomic mass is 32.2. The zero-order chi connectivity index (χ0) is 20.2. The molecule has 0 atom stereocenters. The number of thiazole rings is 1. The molecule has 146 valence electrons. The summed E-state index contributed by atoms with van der Waals surface area (Å²) >= 11 is 2.85. The molecule has 2 aromatic heterocycles. The lowest BCUT2D eigenvalue weighted by molar-refractivity contribution is -0.113. The second kappa shape index (κ2) is 8.71. The number of rotatable bonds is 6. The third-order valence-electron chi connectivity index (χ3n) is 4.26. The third-order valence-corrected chi connectivity index (χ3v) is 6.01. The molecule has 2 heterocycles. The van der Waals surface area contributed by atoms with Crippen molar-refractivity contribution < 1.29 is 4.79 Å². The van der Waals surface area contributed by atoms with Crippen LogP contribution in [0.5, 0.6) is 0 Å². The van der Waals surface area contributed by atoms with Crippen molar-refractivity contribution in [2.24, 2.45) is 0 Å². The van der Waals surface area contributed by atoms with Crippen molar-refractivity contribution in [2.75, 3.05) is 11.1 Å². The summed E-state index contributed by atoms with van der Waals surface area (Å²) in [5.74, 6) is 1.18. The number of carbonyl (C=O) groups excluding carboxylic acids is 1. The van der Waals surface area contributed by atoms with Crippen LogP contribution in [0.15, 0.2) is 65.0 Å². The lowest BCUT2D eigenvalue weighted by Crippen LogP contribution is -2.14. The second-order valence-corrected chi connectivity index (χ2v) is 8.62. The molecule has 1 N–H and O–H groups in total. The number of carbonyl (C=O) groups is 1. The highest BCUT2D eigenvalue weighted by Gasteiger charge is 2.13. The van der Waals surface area contributed by atoms with E-state index in [9.17, 15) is 4.79 Å². The SMILES string of the molecule is CC(C)c1nc(SCC(=O)Nc2nc(-c3ccccc3)cs2)c2ccccc2n1. The summed E-state index contributed by atoms with van der Waals surface area (Å²) < 4.78 is 0. The molecule has 1 amide bonds. The Labute approximate surface area is 177 Å². The predicted octanol–water partition coefficient (Wildman–Crippen LogP) is 5.61. The van der Waals surface area contributed by atoms with Gasteiger partial charge in [0.1, 0.15) is 10.9 Å². The van der Waals surface area contributed by atoms with Crippen LogP contribution in [-0.2, 0) is 4.79 Å². The molecule has 2 aromatic carbocycles. The summed E-state index contributed by atoms with van der Waals surface area (Å²) in [5.41, 5.74) is 2.80. The van der Waals surface area contributed by atoms with Crippen LogP contribution >= 0.6 is 23.1 Å². The number of hydrogen-bond donors (Lipinski definition) is 1. The molecule has 0 saturated carbocycles. The van der Waals surface area contributed by atoms with Crippen molar-refractivity contribution in [3.63, 3.8) is 0 Å². The van der Waals surface area contributed by atoms with Crippen molar-refractivity contribution in [3.05, 3.63) is 65.8 Å². The summed E-state index contributed by atoms with van der Waals surface area (Å²) in [6, 6.07) is 17.8. The average molecular weight is 421 g/mol. The molecule has 0 radical (unpaired) electrons. The van der Waals surface area contributed by atoms with Gasteiger partial charge in [0, 0.05) is 22.2 Å². The monoisotopic (exact) mass is 420 g/mol. The number of hydrogen-bond acceptors (Lipinski definition) is 6. The van der Waals surface area contributed by atoms with E-state index in [4.69, 9.17) is 0 Å². The molecule has 4 aromatic rings. The maximum Gasteiger partial charge on any atom is 0.236 e. The highest BCUT2D eigenvalue weighted by molar-refractivity contribution is 8.00. The second-order valence-electron chi connectivity index (χ2n) is 6.80. The first-order valence-corrected chi connectivity index (χ1v) is 11.2. The van der Waals surface area contributed by atoms with E-state index in [1.165, 1.54) is 23.1 Å². The first-order chi connectivity index (χ1) is 14.1. The van der Waals surface area contributed by atoms with Gasteiger partial charge in [-0.15, -0.1) is 11.3 Å². The lowest BCUT2D eigenvalue weighted by Gasteiger charge is -2.10. The molecule has 0 spiro atoms. The van der Waals surface area contributed by atoms with E-state index < -0.39 is 0 Å². The van der Waals surface area contributed by atoms with E-state index in [-0.39, 0.29) is 17.6 Å². The minimum Gasteiger partial charge on any atom is -0.301 e. The Morgan fingerprint density at radius 2 is 1.79 bits per heavy atom. The topological polar surface area (TPSA) is 67.8 Å². The normalized spacial score (nSPS) is 11.1. The molecular formula is C22H20N4OS2. The number of amides is 1. The van der Waals surface area contributed by atoms with Crippen LogP contribution in [-0.4, -0.2) is 26.6 Å². The molecule has 0 aliphatic heterocycles. The molecule has 0 aliphatic carbocycles. The standard InChI is InChI=1S/C22H20N4OS2/c1-14(2)20-23-17-11-7-6-10-16(17)21(26-20)28-13-19(27)25-22-24-18(12-29-22)15-8-4-3-5-9-15/h3-12,14H,13H2,1-2H3,(H,24,25,27). The number of benzene rings is 2. The number of fused-ring (bicyclic) bond motifs is 1. The minimum absolute atomic E-state index is 0.0993. The smallest absolute Gasteiger partial charge is 0.236 e. The van der Waals surface area contributed by atoms with Gasteiger partial charge in [-0.2, -0.15) is 0 Å². The van der Waals surface area contributed by atoms with Gasteiger partial charge in [-0.05, 0) is 6.07 Å². The number of para-hydroxylation sites is 1. The van der Waals surface area contributed by atoms with Gasteiger partial charge in [-0.25, -0.2) is 15.0 Å². The number of nitrogens with zero attached hydrogens (tertiary/aromatic N) is 3. The zero-order valence-corrected chi connectivity index (χ0v) is 17.8. The van der Waals surface area contributed by atoms with Crippen LogP contribution in [0.3, 0.4) is 0 Å². The average Bonchev–Trinajstić information content (AvgIpc) is 3.20. The summed E-state index contributed by atoms with van der Waals surface area (Å²) in [5, 5.41) is 7.24. The summed E-state index contributed by atoms with van der Waals surface area (Å²) in [7, 11) is 0. The van der Waals surface area contributed by atoms with Gasteiger partial charge in [0.2, 0.25) is 5.91 Å². The maximum atomic E-state index is 12.5. The number of aromatic nitrogens is 3. The zero-order valence-electron chi connectivity index (χ0n) is 16.1. The summed E-state index contributed by atoms with van der Waals surface area (Å²) in [6.07, 6.45) is 0. The molecule has 0 saturated heterocycles. The Bertz CT molecular complexity index is 1140. The van der Waals surface area contributed by atoms with Crippen LogP contribution in [0.1, 0.15) is 25.6 Å². The molecular weight excluding hydrogens is 400 g/mol. The van der Waals surface area contributed by atoms with E-state index >= 15 is 0 Å². The highest BCUT2D eigenvalue weighted by Crippen LogP contribution is 2.28. The van der Waals surface area contributed by atoms with E-state index in [1.54, 1.807) is 0 Å². The van der Waals surface area contributed by atoms with Gasteiger partial charge in [0.05, 0.1) is 17.0 Å².